The minimum Gasteiger partial charge on any atom is -0.353 e. The van der Waals surface area contributed by atoms with Gasteiger partial charge in [-0.2, -0.15) is 0 Å². The van der Waals surface area contributed by atoms with Crippen molar-refractivity contribution in [1.29, 1.82) is 0 Å². The Morgan fingerprint density at radius 1 is 0.308 bits per heavy atom. The van der Waals surface area contributed by atoms with E-state index in [0.29, 0.717) is 0 Å². The molecular weight excluding hydrogens is 633 g/mol. The van der Waals surface area contributed by atoms with Gasteiger partial charge < -0.3 is 19.9 Å². The molecule has 4 aromatic heterocycles. The fourth-order valence-corrected chi connectivity index (χ4v) is 9.12. The van der Waals surface area contributed by atoms with E-state index in [0.717, 1.165) is 44.8 Å². The molecule has 52 heavy (non-hydrogen) atoms. The van der Waals surface area contributed by atoms with E-state index >= 15 is 0 Å². The van der Waals surface area contributed by atoms with Crippen molar-refractivity contribution in [3.63, 3.8) is 0 Å². The van der Waals surface area contributed by atoms with Gasteiger partial charge in [0.25, 0.3) is 0 Å². The molecule has 4 nitrogen and oxygen atoms in total. The van der Waals surface area contributed by atoms with Gasteiger partial charge in [0.1, 0.15) is 0 Å². The van der Waals surface area contributed by atoms with Crippen molar-refractivity contribution in [2.45, 2.75) is 25.7 Å². The normalized spacial score (nSPS) is 15.5. The zero-order valence-corrected chi connectivity index (χ0v) is 29.0. The van der Waals surface area contributed by atoms with Crippen LogP contribution >= 0.6 is 0 Å². The van der Waals surface area contributed by atoms with Gasteiger partial charge in [-0.25, -0.2) is 0 Å². The number of hydrogen-bond donors (Lipinski definition) is 4. The Morgan fingerprint density at radius 2 is 0.558 bits per heavy atom. The van der Waals surface area contributed by atoms with E-state index in [1.54, 1.807) is 0 Å². The van der Waals surface area contributed by atoms with Crippen LogP contribution in [0, 0.1) is 13.8 Å². The highest BCUT2D eigenvalue weighted by Gasteiger charge is 2.37. The third kappa shape index (κ3) is 4.15. The minimum atomic E-state index is -0.0904. The summed E-state index contributed by atoms with van der Waals surface area (Å²) in [6, 6.07) is 53.7. The lowest BCUT2D eigenvalue weighted by Crippen LogP contribution is -2.11. The molecule has 0 bridgehead atoms. The maximum Gasteiger partial charge on any atom is 0.0676 e. The number of para-hydroxylation sites is 4. The van der Waals surface area contributed by atoms with Gasteiger partial charge in [-0.3, -0.25) is 0 Å². The first-order valence-electron chi connectivity index (χ1n) is 18.2. The van der Waals surface area contributed by atoms with Crippen LogP contribution in [-0.4, -0.2) is 19.9 Å². The summed E-state index contributed by atoms with van der Waals surface area (Å²) in [5.41, 5.74) is 19.2. The SMILES string of the molecule is Cc1ccc(C2c3c([nH]c4ccccc34)-c3[nH]c4ccccc4c3C(c3ccc(C)cc3)c3c([nH]c4ccccc34)-c3[nH]c4ccccc4c32)cc1. The van der Waals surface area contributed by atoms with Crippen molar-refractivity contribution in [2.24, 2.45) is 0 Å². The van der Waals surface area contributed by atoms with Gasteiger partial charge in [-0.15, -0.1) is 0 Å². The Morgan fingerprint density at radius 3 is 0.827 bits per heavy atom. The number of H-pyrrole nitrogens is 4. The van der Waals surface area contributed by atoms with E-state index < -0.39 is 0 Å². The average Bonchev–Trinajstić information content (AvgIpc) is 3.95. The van der Waals surface area contributed by atoms with Crippen LogP contribution in [0.2, 0.25) is 0 Å². The fraction of sp³-hybridized carbons (Fsp3) is 0.0833. The summed E-state index contributed by atoms with van der Waals surface area (Å²) >= 11 is 0. The summed E-state index contributed by atoms with van der Waals surface area (Å²) in [5, 5.41) is 4.92. The third-order valence-corrected chi connectivity index (χ3v) is 11.5. The Balaban J connectivity index is 1.41. The molecule has 0 atom stereocenters. The molecule has 0 saturated heterocycles. The molecule has 4 N–H and O–H groups in total. The molecule has 6 aromatic carbocycles. The number of hydrogen-bond acceptors (Lipinski definition) is 0. The standard InChI is InChI=1S/C48H36N4/c1-27-19-23-29(24-20-27)39-41-31-11-3-7-15-35(31)49-45(41)47-43(33-13-5-9-17-37(33)51-47)40(30-25-21-28(2)22-26-30)44-34-14-6-10-18-38(34)52-48(44)46-42(39)32-12-4-8-16-36(32)50-46/h3-26,39-40,49-52H,1-2H3. The van der Waals surface area contributed by atoms with Crippen molar-refractivity contribution in [3.05, 3.63) is 190 Å². The van der Waals surface area contributed by atoms with Crippen molar-refractivity contribution in [1.82, 2.24) is 19.9 Å². The molecule has 0 unspecified atom stereocenters. The quantitative estimate of drug-likeness (QED) is 0.142. The maximum atomic E-state index is 4.02. The second kappa shape index (κ2) is 11.0. The first kappa shape index (κ1) is 29.2. The van der Waals surface area contributed by atoms with Gasteiger partial charge in [0, 0.05) is 55.4 Å². The van der Waals surface area contributed by atoms with Crippen LogP contribution in [0.5, 0.6) is 0 Å². The zero-order chi connectivity index (χ0) is 34.5. The summed E-state index contributed by atoms with van der Waals surface area (Å²) in [6.45, 7) is 4.34. The van der Waals surface area contributed by atoms with E-state index in [4.69, 9.17) is 0 Å². The summed E-state index contributed by atoms with van der Waals surface area (Å²) < 4.78 is 0. The molecule has 4 heterocycles. The van der Waals surface area contributed by atoms with Crippen molar-refractivity contribution < 1.29 is 0 Å². The molecule has 248 valence electrons. The number of aromatic nitrogens is 4. The zero-order valence-electron chi connectivity index (χ0n) is 29.0. The van der Waals surface area contributed by atoms with Crippen molar-refractivity contribution in [2.75, 3.05) is 0 Å². The van der Waals surface area contributed by atoms with Crippen LogP contribution in [0.3, 0.4) is 0 Å². The molecule has 1 aliphatic rings. The van der Waals surface area contributed by atoms with Gasteiger partial charge >= 0.3 is 0 Å². The largest absolute Gasteiger partial charge is 0.353 e. The minimum absolute atomic E-state index is 0.0904. The average molecular weight is 669 g/mol. The van der Waals surface area contributed by atoms with Gasteiger partial charge in [0.15, 0.2) is 0 Å². The molecular formula is C48H36N4. The van der Waals surface area contributed by atoms with E-state index in [1.807, 2.05) is 0 Å². The lowest BCUT2D eigenvalue weighted by atomic mass is 9.76. The molecule has 1 aliphatic carbocycles. The summed E-state index contributed by atoms with van der Waals surface area (Å²) in [4.78, 5) is 16.1. The number of aryl methyl sites for hydroxylation is 2. The number of rotatable bonds is 2. The van der Waals surface area contributed by atoms with Gasteiger partial charge in [-0.1, -0.05) is 132 Å². The second-order valence-electron chi connectivity index (χ2n) is 14.5. The van der Waals surface area contributed by atoms with Crippen LogP contribution in [0.4, 0.5) is 0 Å². The summed E-state index contributed by atoms with van der Waals surface area (Å²) in [6.07, 6.45) is 0. The van der Waals surface area contributed by atoms with Gasteiger partial charge in [-0.05, 0) is 71.5 Å². The topological polar surface area (TPSA) is 63.2 Å². The number of fused-ring (bicyclic) bond motifs is 14. The van der Waals surface area contributed by atoms with Gasteiger partial charge in [0.05, 0.1) is 22.8 Å². The first-order valence-corrected chi connectivity index (χ1v) is 18.2. The second-order valence-corrected chi connectivity index (χ2v) is 14.5. The van der Waals surface area contributed by atoms with E-state index in [-0.39, 0.29) is 11.8 Å². The summed E-state index contributed by atoms with van der Waals surface area (Å²) in [7, 11) is 0. The molecule has 0 amide bonds. The maximum absolute atomic E-state index is 4.02. The van der Waals surface area contributed by atoms with Crippen LogP contribution in [0.15, 0.2) is 146 Å². The van der Waals surface area contributed by atoms with Gasteiger partial charge in [0.2, 0.25) is 0 Å². The monoisotopic (exact) mass is 668 g/mol. The Hall–Kier alpha value is -6.52. The molecule has 0 radical (unpaired) electrons. The van der Waals surface area contributed by atoms with Crippen LogP contribution in [0.25, 0.3) is 66.4 Å². The Labute approximate surface area is 301 Å². The molecule has 0 saturated carbocycles. The van der Waals surface area contributed by atoms with E-state index in [2.05, 4.69) is 179 Å². The molecule has 10 aromatic rings. The van der Waals surface area contributed by atoms with Crippen LogP contribution < -0.4 is 0 Å². The lowest BCUT2D eigenvalue weighted by molar-refractivity contribution is 0.966. The predicted octanol–water partition coefficient (Wildman–Crippen LogP) is 12.2. The number of benzene rings is 6. The molecule has 0 fully saturated rings. The first-order chi connectivity index (χ1) is 25.6. The molecule has 0 aliphatic heterocycles. The molecule has 0 spiro atoms. The van der Waals surface area contributed by atoms with E-state index in [1.165, 1.54) is 66.1 Å². The van der Waals surface area contributed by atoms with Crippen LogP contribution in [-0.2, 0) is 0 Å². The van der Waals surface area contributed by atoms with Crippen molar-refractivity contribution >= 4 is 43.6 Å². The molecule has 11 rings (SSSR count). The number of aromatic amines is 4. The Bertz CT molecular complexity index is 2620. The van der Waals surface area contributed by atoms with Crippen LogP contribution in [0.1, 0.15) is 56.3 Å². The highest BCUT2D eigenvalue weighted by atomic mass is 14.8. The molecule has 4 heteroatoms. The highest BCUT2D eigenvalue weighted by molar-refractivity contribution is 6.04. The lowest BCUT2D eigenvalue weighted by Gasteiger charge is -2.26. The van der Waals surface area contributed by atoms with E-state index in [9.17, 15) is 0 Å². The smallest absolute Gasteiger partial charge is 0.0676 e. The predicted molar refractivity (Wildman–Crippen MR) is 215 cm³/mol. The van der Waals surface area contributed by atoms with Crippen molar-refractivity contribution in [3.8, 4) is 22.8 Å². The summed E-state index contributed by atoms with van der Waals surface area (Å²) in [5.74, 6) is -0.181. The Kier molecular flexibility index (Phi) is 6.18. The number of nitrogens with one attached hydrogen (secondary N) is 4. The fourth-order valence-electron chi connectivity index (χ4n) is 9.12. The highest BCUT2D eigenvalue weighted by Crippen LogP contribution is 2.54. The third-order valence-electron chi connectivity index (χ3n) is 11.5.